The van der Waals surface area contributed by atoms with Crippen molar-refractivity contribution in [3.63, 3.8) is 0 Å². The van der Waals surface area contributed by atoms with Crippen LogP contribution in [0.2, 0.25) is 0 Å². The van der Waals surface area contributed by atoms with Gasteiger partial charge in [-0.05, 0) is 80.0 Å². The zero-order chi connectivity index (χ0) is 26.9. The Hall–Kier alpha value is -3.61. The second-order valence-electron chi connectivity index (χ2n) is 13.3. The summed E-state index contributed by atoms with van der Waals surface area (Å²) in [6.45, 7) is 7.33. The van der Waals surface area contributed by atoms with Crippen molar-refractivity contribution < 1.29 is 9.59 Å². The van der Waals surface area contributed by atoms with Crippen molar-refractivity contribution in [3.05, 3.63) is 59.3 Å². The maximum absolute atomic E-state index is 13.6. The Morgan fingerprint density at radius 2 is 1.88 bits per heavy atom. The number of hydrogen-bond donors (Lipinski definition) is 0. The smallest absolute Gasteiger partial charge is 0.255 e. The van der Waals surface area contributed by atoms with Crippen LogP contribution in [0.25, 0.3) is 27.8 Å². The van der Waals surface area contributed by atoms with E-state index in [2.05, 4.69) is 46.7 Å². The number of pyridine rings is 1. The first-order valence-corrected chi connectivity index (χ1v) is 15.1. The quantitative estimate of drug-likeness (QED) is 0.359. The van der Waals surface area contributed by atoms with Crippen LogP contribution in [0.5, 0.6) is 0 Å². The third-order valence-electron chi connectivity index (χ3n) is 11.0. The molecule has 2 saturated heterocycles. The molecule has 7 nitrogen and oxygen atoms in total. The van der Waals surface area contributed by atoms with Crippen molar-refractivity contribution in [1.29, 1.82) is 0 Å². The van der Waals surface area contributed by atoms with E-state index < -0.39 is 0 Å². The fourth-order valence-corrected chi connectivity index (χ4v) is 8.47. The van der Waals surface area contributed by atoms with E-state index in [-0.39, 0.29) is 11.8 Å². The zero-order valence-corrected chi connectivity index (χ0v) is 23.2. The SMILES string of the molecule is CC(=O)N1CC(c2cccc3cc(-c4nn5cc(C(=O)N6CC7CC8CC6[C@H]87)ccc5c4C)n(CC4CC4)c23)C1. The molecule has 0 N–H and O–H groups in total. The minimum atomic E-state index is 0.157. The van der Waals surface area contributed by atoms with Gasteiger partial charge in [0.25, 0.3) is 5.91 Å². The van der Waals surface area contributed by atoms with E-state index in [1.165, 1.54) is 42.1 Å². The summed E-state index contributed by atoms with van der Waals surface area (Å²) in [6, 6.07) is 13.5. The molecule has 4 atom stereocenters. The summed E-state index contributed by atoms with van der Waals surface area (Å²) in [5, 5.41) is 6.36. The average molecular weight is 534 g/mol. The summed E-state index contributed by atoms with van der Waals surface area (Å²) < 4.78 is 4.44. The Kier molecular flexibility index (Phi) is 4.62. The second-order valence-corrected chi connectivity index (χ2v) is 13.3. The topological polar surface area (TPSA) is 62.9 Å². The molecular weight excluding hydrogens is 498 g/mol. The van der Waals surface area contributed by atoms with Gasteiger partial charge in [-0.1, -0.05) is 18.2 Å². The molecule has 2 amide bonds. The lowest BCUT2D eigenvalue weighted by Gasteiger charge is -2.52. The van der Waals surface area contributed by atoms with E-state index >= 15 is 0 Å². The molecule has 5 heterocycles. The fourth-order valence-electron chi connectivity index (χ4n) is 8.47. The van der Waals surface area contributed by atoms with Gasteiger partial charge < -0.3 is 14.4 Å². The standard InChI is InChI=1S/C33H35N5O2/c1-18-27-9-8-22(33(40)37-16-24-10-23-12-28(37)30(23)24)17-38(27)34-31(18)29-11-21-4-3-5-26(25-14-35(15-25)19(2)39)32(21)36(29)13-20-6-7-20/h3-5,8-9,11,17,20,23-25,28,30H,6-7,10,12-16H2,1-2H3/t23?,24?,28?,30-/m1/s1. The first-order valence-electron chi connectivity index (χ1n) is 15.1. The van der Waals surface area contributed by atoms with E-state index in [1.54, 1.807) is 6.92 Å². The van der Waals surface area contributed by atoms with Crippen molar-refractivity contribution in [2.24, 2.45) is 23.7 Å². The maximum atomic E-state index is 13.6. The van der Waals surface area contributed by atoms with Crippen LogP contribution < -0.4 is 0 Å². The van der Waals surface area contributed by atoms with E-state index in [0.717, 1.165) is 72.0 Å². The van der Waals surface area contributed by atoms with E-state index in [9.17, 15) is 9.59 Å². The average Bonchev–Trinajstić information content (AvgIpc) is 3.56. The number of fused-ring (bicyclic) bond motifs is 2. The van der Waals surface area contributed by atoms with Crippen LogP contribution in [0.3, 0.4) is 0 Å². The van der Waals surface area contributed by atoms with Crippen molar-refractivity contribution in [2.45, 2.75) is 58.0 Å². The minimum Gasteiger partial charge on any atom is -0.342 e. The summed E-state index contributed by atoms with van der Waals surface area (Å²) >= 11 is 0. The molecule has 2 aliphatic heterocycles. The van der Waals surface area contributed by atoms with Crippen LogP contribution >= 0.6 is 0 Å². The molecule has 204 valence electrons. The number of carbonyl (C=O) groups is 2. The molecular formula is C33H35N5O2. The molecule has 1 aromatic carbocycles. The van der Waals surface area contributed by atoms with E-state index in [1.807, 2.05) is 21.7 Å². The van der Waals surface area contributed by atoms with Gasteiger partial charge in [0.2, 0.25) is 5.91 Å². The number of nitrogens with zero attached hydrogens (tertiary/aromatic N) is 5. The third-order valence-corrected chi connectivity index (χ3v) is 11.0. The lowest BCUT2D eigenvalue weighted by molar-refractivity contribution is -0.133. The third kappa shape index (κ3) is 3.15. The number of aromatic nitrogens is 3. The Morgan fingerprint density at radius 1 is 1.02 bits per heavy atom. The molecule has 0 bridgehead atoms. The fraction of sp³-hybridized carbons (Fsp3) is 0.485. The normalized spacial score (nSPS) is 27.1. The molecule has 3 aromatic heterocycles. The van der Waals surface area contributed by atoms with E-state index in [4.69, 9.17) is 5.10 Å². The van der Waals surface area contributed by atoms with Crippen LogP contribution in [0.4, 0.5) is 0 Å². The zero-order valence-electron chi connectivity index (χ0n) is 23.2. The Bertz CT molecular complexity index is 1740. The summed E-state index contributed by atoms with van der Waals surface area (Å²) in [6.07, 6.45) is 7.02. The summed E-state index contributed by atoms with van der Waals surface area (Å²) in [5.74, 6) is 3.80. The van der Waals surface area contributed by atoms with Gasteiger partial charge in [0, 0.05) is 62.2 Å². The Morgan fingerprint density at radius 3 is 2.62 bits per heavy atom. The molecule has 3 aliphatic carbocycles. The van der Waals surface area contributed by atoms with Crippen LogP contribution in [-0.4, -0.2) is 61.5 Å². The van der Waals surface area contributed by atoms with Gasteiger partial charge in [-0.3, -0.25) is 9.59 Å². The number of carbonyl (C=O) groups excluding carboxylic acids is 2. The van der Waals surface area contributed by atoms with E-state index in [0.29, 0.717) is 17.9 Å². The summed E-state index contributed by atoms with van der Waals surface area (Å²) in [5.41, 5.74) is 7.73. The van der Waals surface area contributed by atoms with Crippen LogP contribution in [0, 0.1) is 30.6 Å². The molecule has 0 radical (unpaired) electrons. The number of likely N-dealkylation sites (tertiary alicyclic amines) is 2. The number of amides is 2. The predicted molar refractivity (Wildman–Crippen MR) is 153 cm³/mol. The molecule has 5 fully saturated rings. The molecule has 40 heavy (non-hydrogen) atoms. The van der Waals surface area contributed by atoms with Crippen LogP contribution in [0.15, 0.2) is 42.6 Å². The Balaban J connectivity index is 1.11. The van der Waals surface area contributed by atoms with Gasteiger partial charge in [-0.25, -0.2) is 4.52 Å². The number of aryl methyl sites for hydroxylation is 1. The first kappa shape index (κ1) is 23.1. The van der Waals surface area contributed by atoms with Gasteiger partial charge in [-0.2, -0.15) is 5.10 Å². The Labute approximate surface area is 233 Å². The highest BCUT2D eigenvalue weighted by Gasteiger charge is 2.61. The molecule has 3 unspecified atom stereocenters. The molecule has 4 aromatic rings. The van der Waals surface area contributed by atoms with Gasteiger partial charge >= 0.3 is 0 Å². The molecule has 3 saturated carbocycles. The highest BCUT2D eigenvalue weighted by atomic mass is 16.2. The van der Waals surface area contributed by atoms with Crippen molar-refractivity contribution >= 4 is 28.2 Å². The van der Waals surface area contributed by atoms with Gasteiger partial charge in [-0.15, -0.1) is 0 Å². The maximum Gasteiger partial charge on any atom is 0.255 e. The van der Waals surface area contributed by atoms with Crippen molar-refractivity contribution in [2.75, 3.05) is 19.6 Å². The number of hydrogen-bond acceptors (Lipinski definition) is 3. The minimum absolute atomic E-state index is 0.157. The predicted octanol–water partition coefficient (Wildman–Crippen LogP) is 5.10. The van der Waals surface area contributed by atoms with Gasteiger partial charge in [0.05, 0.1) is 22.3 Å². The van der Waals surface area contributed by atoms with Crippen molar-refractivity contribution in [3.8, 4) is 11.4 Å². The molecule has 5 aliphatic rings. The van der Waals surface area contributed by atoms with Crippen molar-refractivity contribution in [1.82, 2.24) is 24.0 Å². The van der Waals surface area contributed by atoms with Gasteiger partial charge in [0.1, 0.15) is 5.69 Å². The summed E-state index contributed by atoms with van der Waals surface area (Å²) in [7, 11) is 0. The monoisotopic (exact) mass is 533 g/mol. The first-order chi connectivity index (χ1) is 19.4. The molecule has 7 heteroatoms. The summed E-state index contributed by atoms with van der Waals surface area (Å²) in [4.78, 5) is 29.5. The van der Waals surface area contributed by atoms with Crippen LogP contribution in [-0.2, 0) is 11.3 Å². The molecule has 9 rings (SSSR count). The lowest BCUT2D eigenvalue weighted by atomic mass is 9.53. The number of rotatable bonds is 5. The van der Waals surface area contributed by atoms with Gasteiger partial charge in [0.15, 0.2) is 0 Å². The number of para-hydroxylation sites is 1. The van der Waals surface area contributed by atoms with Crippen LogP contribution in [0.1, 0.15) is 60.0 Å². The largest absolute Gasteiger partial charge is 0.342 e. The molecule has 0 spiro atoms. The number of benzene rings is 1. The second kappa shape index (κ2) is 7.99. The lowest BCUT2D eigenvalue weighted by Crippen LogP contribution is -2.53. The highest BCUT2D eigenvalue weighted by Crippen LogP contribution is 2.60. The highest BCUT2D eigenvalue weighted by molar-refractivity contribution is 5.95.